The van der Waals surface area contributed by atoms with Gasteiger partial charge in [0.05, 0.1) is 0 Å². The SMILES string of the molecule is N#CC1=C=Cc2ccccc2-c2ccccc21. The van der Waals surface area contributed by atoms with Gasteiger partial charge in [-0.1, -0.05) is 48.5 Å². The van der Waals surface area contributed by atoms with Gasteiger partial charge in [-0.05, 0) is 22.8 Å². The van der Waals surface area contributed by atoms with Gasteiger partial charge in [-0.2, -0.15) is 5.26 Å². The van der Waals surface area contributed by atoms with E-state index < -0.39 is 0 Å². The molecule has 0 saturated heterocycles. The average Bonchev–Trinajstić information content (AvgIpc) is 2.56. The van der Waals surface area contributed by atoms with Crippen molar-refractivity contribution < 1.29 is 0 Å². The molecule has 78 valence electrons. The molecular formula is C16H9N. The quantitative estimate of drug-likeness (QED) is 0.612. The Hall–Kier alpha value is -2.55. The summed E-state index contributed by atoms with van der Waals surface area (Å²) in [6.07, 6.45) is 1.88. The Morgan fingerprint density at radius 2 is 1.47 bits per heavy atom. The Labute approximate surface area is 100.0 Å². The van der Waals surface area contributed by atoms with Crippen molar-refractivity contribution in [2.45, 2.75) is 0 Å². The van der Waals surface area contributed by atoms with Crippen molar-refractivity contribution in [1.82, 2.24) is 0 Å². The topological polar surface area (TPSA) is 23.8 Å². The van der Waals surface area contributed by atoms with Crippen LogP contribution in [0.3, 0.4) is 0 Å². The number of nitrogens with zero attached hydrogens (tertiary/aromatic N) is 1. The normalized spacial score (nSPS) is 11.8. The summed E-state index contributed by atoms with van der Waals surface area (Å²) in [5.74, 6) is 0. The zero-order chi connectivity index (χ0) is 11.7. The molecule has 1 aliphatic carbocycles. The number of benzene rings is 2. The summed E-state index contributed by atoms with van der Waals surface area (Å²) in [6.45, 7) is 0. The van der Waals surface area contributed by atoms with Crippen LogP contribution >= 0.6 is 0 Å². The van der Waals surface area contributed by atoms with Crippen LogP contribution < -0.4 is 0 Å². The third-order valence-corrected chi connectivity index (χ3v) is 2.93. The van der Waals surface area contributed by atoms with E-state index in [-0.39, 0.29) is 0 Å². The summed E-state index contributed by atoms with van der Waals surface area (Å²) in [7, 11) is 0. The van der Waals surface area contributed by atoms with Crippen LogP contribution in [0.1, 0.15) is 11.1 Å². The highest BCUT2D eigenvalue weighted by atomic mass is 14.3. The van der Waals surface area contributed by atoms with Gasteiger partial charge in [-0.25, -0.2) is 0 Å². The number of hydrogen-bond acceptors (Lipinski definition) is 1. The predicted octanol–water partition coefficient (Wildman–Crippen LogP) is 3.89. The molecule has 3 rings (SSSR count). The molecule has 0 spiro atoms. The molecule has 0 N–H and O–H groups in total. The molecule has 0 aromatic heterocycles. The van der Waals surface area contributed by atoms with Crippen molar-refractivity contribution >= 4 is 11.6 Å². The molecule has 0 heterocycles. The van der Waals surface area contributed by atoms with Gasteiger partial charge in [-0.3, -0.25) is 0 Å². The maximum Gasteiger partial charge on any atom is 0.108 e. The minimum absolute atomic E-state index is 0.594. The largest absolute Gasteiger partial charge is 0.192 e. The first-order valence-electron chi connectivity index (χ1n) is 5.46. The molecule has 2 aromatic carbocycles. The fourth-order valence-electron chi connectivity index (χ4n) is 2.12. The first kappa shape index (κ1) is 9.66. The van der Waals surface area contributed by atoms with E-state index in [2.05, 4.69) is 17.9 Å². The standard InChI is InChI=1S/C16H9N/c17-11-13-10-9-12-5-1-2-6-14(12)16-8-4-3-7-15(13)16/h1-9H. The van der Waals surface area contributed by atoms with E-state index in [0.29, 0.717) is 5.57 Å². The lowest BCUT2D eigenvalue weighted by Gasteiger charge is -2.08. The molecular weight excluding hydrogens is 206 g/mol. The maximum absolute atomic E-state index is 9.17. The molecule has 2 aromatic rings. The van der Waals surface area contributed by atoms with Gasteiger partial charge >= 0.3 is 0 Å². The van der Waals surface area contributed by atoms with Gasteiger partial charge in [0.15, 0.2) is 0 Å². The van der Waals surface area contributed by atoms with Crippen molar-refractivity contribution in [3.8, 4) is 17.2 Å². The van der Waals surface area contributed by atoms with E-state index in [1.165, 1.54) is 0 Å². The second kappa shape index (κ2) is 3.79. The Balaban J connectivity index is 2.43. The van der Waals surface area contributed by atoms with Crippen LogP contribution in [0.4, 0.5) is 0 Å². The molecule has 1 aliphatic rings. The van der Waals surface area contributed by atoms with Crippen LogP contribution in [0.2, 0.25) is 0 Å². The number of rotatable bonds is 0. The van der Waals surface area contributed by atoms with Crippen LogP contribution in [0.5, 0.6) is 0 Å². The zero-order valence-corrected chi connectivity index (χ0v) is 9.14. The molecule has 1 heteroatoms. The van der Waals surface area contributed by atoms with Crippen molar-refractivity contribution in [1.29, 1.82) is 5.26 Å². The lowest BCUT2D eigenvalue weighted by molar-refractivity contribution is 1.52. The minimum atomic E-state index is 0.594. The summed E-state index contributed by atoms with van der Waals surface area (Å²) in [4.78, 5) is 0. The van der Waals surface area contributed by atoms with Crippen LogP contribution in [0.25, 0.3) is 22.8 Å². The van der Waals surface area contributed by atoms with Crippen LogP contribution in [0.15, 0.2) is 54.3 Å². The summed E-state index contributed by atoms with van der Waals surface area (Å²) in [6, 6.07) is 18.3. The maximum atomic E-state index is 9.17. The lowest BCUT2D eigenvalue weighted by Crippen LogP contribution is -1.87. The number of nitriles is 1. The minimum Gasteiger partial charge on any atom is -0.192 e. The van der Waals surface area contributed by atoms with E-state index in [9.17, 15) is 5.26 Å². The third-order valence-electron chi connectivity index (χ3n) is 2.93. The second-order valence-electron chi connectivity index (χ2n) is 3.91. The molecule has 1 nitrogen and oxygen atoms in total. The van der Waals surface area contributed by atoms with Crippen molar-refractivity contribution in [2.75, 3.05) is 0 Å². The van der Waals surface area contributed by atoms with Gasteiger partial charge in [0, 0.05) is 5.56 Å². The molecule has 0 amide bonds. The smallest absolute Gasteiger partial charge is 0.108 e. The van der Waals surface area contributed by atoms with Gasteiger partial charge in [0.1, 0.15) is 11.6 Å². The monoisotopic (exact) mass is 215 g/mol. The molecule has 0 atom stereocenters. The van der Waals surface area contributed by atoms with Gasteiger partial charge in [0.25, 0.3) is 0 Å². The van der Waals surface area contributed by atoms with Crippen LogP contribution in [0, 0.1) is 11.3 Å². The van der Waals surface area contributed by atoms with E-state index in [0.717, 1.165) is 22.3 Å². The van der Waals surface area contributed by atoms with Crippen LogP contribution in [-0.4, -0.2) is 0 Å². The molecule has 0 saturated carbocycles. The number of allylic oxidation sites excluding steroid dienone is 1. The number of hydrogen-bond donors (Lipinski definition) is 0. The predicted molar refractivity (Wildman–Crippen MR) is 68.9 cm³/mol. The van der Waals surface area contributed by atoms with Gasteiger partial charge in [-0.15, -0.1) is 5.73 Å². The Morgan fingerprint density at radius 1 is 0.824 bits per heavy atom. The van der Waals surface area contributed by atoms with Crippen molar-refractivity contribution in [2.24, 2.45) is 0 Å². The molecule has 0 aliphatic heterocycles. The number of fused-ring (bicyclic) bond motifs is 3. The first-order valence-corrected chi connectivity index (χ1v) is 5.46. The lowest BCUT2D eigenvalue weighted by atomic mass is 9.94. The Bertz CT molecular complexity index is 695. The molecule has 0 radical (unpaired) electrons. The third kappa shape index (κ3) is 1.49. The van der Waals surface area contributed by atoms with E-state index in [4.69, 9.17) is 0 Å². The fraction of sp³-hybridized carbons (Fsp3) is 0. The van der Waals surface area contributed by atoms with Gasteiger partial charge in [0.2, 0.25) is 0 Å². The Morgan fingerprint density at radius 3 is 2.24 bits per heavy atom. The van der Waals surface area contributed by atoms with Crippen LogP contribution in [-0.2, 0) is 0 Å². The first-order chi connectivity index (χ1) is 8.40. The highest BCUT2D eigenvalue weighted by molar-refractivity contribution is 5.93. The molecule has 0 fully saturated rings. The summed E-state index contributed by atoms with van der Waals surface area (Å²) >= 11 is 0. The highest BCUT2D eigenvalue weighted by Crippen LogP contribution is 2.33. The van der Waals surface area contributed by atoms with Gasteiger partial charge < -0.3 is 0 Å². The summed E-state index contributed by atoms with van der Waals surface area (Å²) < 4.78 is 0. The molecule has 0 bridgehead atoms. The summed E-state index contributed by atoms with van der Waals surface area (Å²) in [5, 5.41) is 9.17. The average molecular weight is 215 g/mol. The highest BCUT2D eigenvalue weighted by Gasteiger charge is 2.12. The Kier molecular flexibility index (Phi) is 2.15. The fourth-order valence-corrected chi connectivity index (χ4v) is 2.12. The summed E-state index contributed by atoms with van der Waals surface area (Å²) in [5.41, 5.74) is 7.98. The van der Waals surface area contributed by atoms with E-state index in [1.54, 1.807) is 0 Å². The van der Waals surface area contributed by atoms with E-state index in [1.807, 2.05) is 48.5 Å². The molecule has 17 heavy (non-hydrogen) atoms. The van der Waals surface area contributed by atoms with E-state index >= 15 is 0 Å². The second-order valence-corrected chi connectivity index (χ2v) is 3.91. The van der Waals surface area contributed by atoms with Crippen molar-refractivity contribution in [3.63, 3.8) is 0 Å². The zero-order valence-electron chi connectivity index (χ0n) is 9.14. The molecule has 0 unspecified atom stereocenters. The van der Waals surface area contributed by atoms with Crippen molar-refractivity contribution in [3.05, 3.63) is 65.4 Å².